The Morgan fingerprint density at radius 1 is 0.271 bits per heavy atom. The highest BCUT2D eigenvalue weighted by Crippen LogP contribution is 2.44. The van der Waals surface area contributed by atoms with Crippen molar-refractivity contribution in [3.63, 3.8) is 0 Å². The van der Waals surface area contributed by atoms with Crippen LogP contribution in [0, 0.1) is 6.92 Å². The van der Waals surface area contributed by atoms with E-state index < -0.39 is 22.6 Å². The van der Waals surface area contributed by atoms with Crippen LogP contribution < -0.4 is 61.5 Å². The third-order valence-electron chi connectivity index (χ3n) is 19.3. The molecule has 0 spiro atoms. The summed E-state index contributed by atoms with van der Waals surface area (Å²) in [4.78, 5) is 57.6. The summed E-state index contributed by atoms with van der Waals surface area (Å²) in [6, 6.07) is 22.5. The highest BCUT2D eigenvalue weighted by Gasteiger charge is 2.28. The molecule has 0 radical (unpaired) electrons. The predicted molar refractivity (Wildman–Crippen MR) is 449 cm³/mol. The largest absolute Gasteiger partial charge is 0.493 e. The third-order valence-corrected chi connectivity index (χ3v) is 19.3. The molecule has 0 aliphatic heterocycles. The van der Waals surface area contributed by atoms with Crippen molar-refractivity contribution in [1.82, 2.24) is 16.0 Å². The first-order valence-corrected chi connectivity index (χ1v) is 41.9. The Bertz CT molecular complexity index is 3320. The summed E-state index contributed by atoms with van der Waals surface area (Å²) in [5, 5.41) is 25.6. The fourth-order valence-electron chi connectivity index (χ4n) is 14.0. The fraction of sp³-hybridized carbons (Fsp3) is 0.626. The molecule has 1 aliphatic carbocycles. The number of aryl methyl sites for hydroxylation is 1. The van der Waals surface area contributed by atoms with Crippen LogP contribution in [0.15, 0.2) is 72.8 Å². The predicted octanol–water partition coefficient (Wildman–Crippen LogP) is 25.2. The van der Waals surface area contributed by atoms with Gasteiger partial charge in [0.15, 0.2) is 0 Å². The Balaban J connectivity index is 1.72. The Morgan fingerprint density at radius 2 is 0.458 bits per heavy atom. The van der Waals surface area contributed by atoms with Crippen LogP contribution in [-0.4, -0.2) is 67.2 Å². The molecule has 8 N–H and O–H groups in total. The van der Waals surface area contributed by atoms with Crippen molar-refractivity contribution in [2.45, 2.75) is 345 Å². The molecule has 5 aromatic carbocycles. The van der Waals surface area contributed by atoms with Gasteiger partial charge in [-0.15, -0.1) is 0 Å². The van der Waals surface area contributed by atoms with Crippen LogP contribution in [0.2, 0.25) is 0 Å². The second kappa shape index (κ2) is 47.3. The van der Waals surface area contributed by atoms with Gasteiger partial charge in [0.25, 0.3) is 0 Å². The molecule has 1 aliphatic rings. The van der Waals surface area contributed by atoms with Crippen molar-refractivity contribution >= 4 is 52.6 Å². The van der Waals surface area contributed by atoms with Crippen LogP contribution in [0.25, 0.3) is 0 Å². The SMILES string of the molecule is CCCCCCCCCCOc1c2cc(NC(=O)Nc3ccc(C)cc3)cc1Cc1cc(NC(=O)NC(C)(C)C)cc(c1OCCCCCCCCCC)Cc1cc(NC(=O)NC(C)(C)C)cc(c1OCCCCCCCCCC)Cc1cc(NC(=O)NC(C)(C)C)cc(c1OCCCCCCCCCC)C2. The third kappa shape index (κ3) is 35.1. The quantitative estimate of drug-likeness (QED) is 0.0173. The van der Waals surface area contributed by atoms with E-state index in [1.165, 1.54) is 128 Å². The zero-order valence-electron chi connectivity index (χ0n) is 69.0. The van der Waals surface area contributed by atoms with Gasteiger partial charge in [-0.05, 0) is 156 Å². The number of carbonyl (C=O) groups excluding carboxylic acids is 4. The summed E-state index contributed by atoms with van der Waals surface area (Å²) in [6.07, 6.45) is 37.2. The van der Waals surface area contributed by atoms with Crippen molar-refractivity contribution in [2.24, 2.45) is 0 Å². The van der Waals surface area contributed by atoms with Crippen molar-refractivity contribution in [3.8, 4) is 23.0 Å². The summed E-state index contributed by atoms with van der Waals surface area (Å²) >= 11 is 0. The van der Waals surface area contributed by atoms with Gasteiger partial charge in [0, 0.05) is 115 Å². The minimum Gasteiger partial charge on any atom is -0.493 e. The van der Waals surface area contributed by atoms with E-state index in [1.54, 1.807) is 0 Å². The molecule has 107 heavy (non-hydrogen) atoms. The lowest BCUT2D eigenvalue weighted by Crippen LogP contribution is -2.43. The first-order chi connectivity index (χ1) is 51.3. The van der Waals surface area contributed by atoms with Gasteiger partial charge in [-0.3, -0.25) is 0 Å². The summed E-state index contributed by atoms with van der Waals surface area (Å²) in [7, 11) is 0. The number of benzene rings is 5. The van der Waals surface area contributed by atoms with Gasteiger partial charge < -0.3 is 61.5 Å². The van der Waals surface area contributed by atoms with Crippen LogP contribution in [0.5, 0.6) is 23.0 Å². The lowest BCUT2D eigenvalue weighted by atomic mass is 9.90. The van der Waals surface area contributed by atoms with Gasteiger partial charge >= 0.3 is 24.1 Å². The maximum Gasteiger partial charge on any atom is 0.323 e. The monoisotopic (exact) mass is 1480 g/mol. The standard InChI is InChI=1S/C91H142N8O8/c1-15-19-23-27-31-35-39-43-51-104-81-68-55-70-61-78(94-86(101)97-89(6,7)8)63-72(82(70)105-52-44-40-36-32-28-24-20-16-2)57-74-65-80(96-88(103)99-91(12,13)14)66-75(84(74)107-54-46-42-38-34-30-26-22-18-4)58-73-64-79(95-87(102)98-90(9,10)11)62-71(83(73)106-53-45-41-37-33-29-25-21-17-3)56-69(81)60-77(59-68)93-85(100)92-76-49-47-67(5)48-50-76/h47-50,59-66H,15-46,51-58H2,1-14H3,(H2,92,93,100)(H2,94,97,101)(H2,95,98,102)(H2,96,99,103). The van der Waals surface area contributed by atoms with Gasteiger partial charge in [-0.2, -0.15) is 0 Å². The van der Waals surface area contributed by atoms with Crippen molar-refractivity contribution < 1.29 is 38.1 Å². The van der Waals surface area contributed by atoms with E-state index >= 15 is 0 Å². The number of carbonyl (C=O) groups is 4. The highest BCUT2D eigenvalue weighted by molar-refractivity contribution is 6.00. The van der Waals surface area contributed by atoms with Crippen LogP contribution in [0.4, 0.5) is 47.6 Å². The van der Waals surface area contributed by atoms with E-state index in [0.717, 1.165) is 127 Å². The van der Waals surface area contributed by atoms with Crippen LogP contribution >= 0.6 is 0 Å². The maximum absolute atomic E-state index is 14.6. The molecule has 6 rings (SSSR count). The van der Waals surface area contributed by atoms with Crippen LogP contribution in [0.1, 0.15) is 346 Å². The summed E-state index contributed by atoms with van der Waals surface area (Å²) < 4.78 is 29.4. The Hall–Kier alpha value is -7.62. The first-order valence-electron chi connectivity index (χ1n) is 41.9. The number of ether oxygens (including phenoxy) is 4. The zero-order chi connectivity index (χ0) is 77.5. The Morgan fingerprint density at radius 3 is 0.664 bits per heavy atom. The van der Waals surface area contributed by atoms with E-state index in [1.807, 2.05) is 142 Å². The van der Waals surface area contributed by atoms with E-state index in [9.17, 15) is 19.2 Å². The van der Waals surface area contributed by atoms with E-state index in [-0.39, 0.29) is 43.8 Å². The minimum atomic E-state index is -0.548. The second-order valence-electron chi connectivity index (χ2n) is 33.4. The van der Waals surface area contributed by atoms with Gasteiger partial charge in [-0.1, -0.05) is 225 Å². The number of anilines is 5. The molecular weight excluding hydrogens is 1330 g/mol. The van der Waals surface area contributed by atoms with E-state index in [4.69, 9.17) is 18.9 Å². The second-order valence-corrected chi connectivity index (χ2v) is 33.4. The van der Waals surface area contributed by atoms with Crippen molar-refractivity contribution in [3.05, 3.63) is 123 Å². The van der Waals surface area contributed by atoms with Gasteiger partial charge in [-0.25, -0.2) is 19.2 Å². The number of rotatable bonds is 45. The molecule has 0 fully saturated rings. The molecule has 5 aromatic rings. The molecule has 0 saturated heterocycles. The highest BCUT2D eigenvalue weighted by atomic mass is 16.5. The molecule has 8 amide bonds. The van der Waals surface area contributed by atoms with E-state index in [0.29, 0.717) is 77.9 Å². The maximum atomic E-state index is 14.6. The number of amides is 8. The van der Waals surface area contributed by atoms with E-state index in [2.05, 4.69) is 70.2 Å². The molecule has 0 saturated carbocycles. The molecule has 0 unspecified atom stereocenters. The van der Waals surface area contributed by atoms with Gasteiger partial charge in [0.05, 0.1) is 26.4 Å². The van der Waals surface area contributed by atoms with Crippen LogP contribution in [-0.2, 0) is 25.7 Å². The van der Waals surface area contributed by atoms with Gasteiger partial charge in [0.1, 0.15) is 23.0 Å². The number of nitrogens with one attached hydrogen (secondary N) is 8. The molecule has 594 valence electrons. The summed E-state index contributed by atoms with van der Waals surface area (Å²) in [6.45, 7) is 30.5. The molecule has 0 aromatic heterocycles. The zero-order valence-corrected chi connectivity index (χ0v) is 69.0. The van der Waals surface area contributed by atoms with Crippen LogP contribution in [0.3, 0.4) is 0 Å². The molecule has 8 bridgehead atoms. The Kier molecular flexibility index (Phi) is 39.1. The average Bonchev–Trinajstić information content (AvgIpc) is 0.773. The summed E-state index contributed by atoms with van der Waals surface area (Å²) in [5.41, 5.74) is 8.76. The molecule has 16 heteroatoms. The fourth-order valence-corrected chi connectivity index (χ4v) is 14.0. The number of urea groups is 4. The first kappa shape index (κ1) is 88.3. The van der Waals surface area contributed by atoms with Crippen molar-refractivity contribution in [1.29, 1.82) is 0 Å². The molecule has 16 nitrogen and oxygen atoms in total. The normalized spacial score (nSPS) is 12.2. The Labute approximate surface area is 646 Å². The molecule has 0 heterocycles. The minimum absolute atomic E-state index is 0.258. The van der Waals surface area contributed by atoms with Crippen molar-refractivity contribution in [2.75, 3.05) is 53.0 Å². The molecular formula is C91H142N8O8. The number of hydrogen-bond acceptors (Lipinski definition) is 8. The lowest BCUT2D eigenvalue weighted by molar-refractivity contribution is 0.242. The molecule has 0 atom stereocenters. The lowest BCUT2D eigenvalue weighted by Gasteiger charge is -2.26. The number of fused-ring (bicyclic) bond motifs is 8. The number of unbranched alkanes of at least 4 members (excludes halogenated alkanes) is 28. The number of hydrogen-bond donors (Lipinski definition) is 8. The smallest absolute Gasteiger partial charge is 0.323 e. The average molecular weight is 1480 g/mol. The van der Waals surface area contributed by atoms with Gasteiger partial charge in [0.2, 0.25) is 0 Å². The summed E-state index contributed by atoms with van der Waals surface area (Å²) in [5.74, 6) is 2.72. The topological polar surface area (TPSA) is 201 Å².